The summed E-state index contributed by atoms with van der Waals surface area (Å²) in [5, 5.41) is 3.55. The number of nitrogens with zero attached hydrogens (tertiary/aromatic N) is 1. The zero-order valence-electron chi connectivity index (χ0n) is 11.6. The molecule has 2 nitrogen and oxygen atoms in total. The van der Waals surface area contributed by atoms with Crippen molar-refractivity contribution in [2.45, 2.75) is 38.6 Å². The molecule has 1 aromatic heterocycles. The average molecular weight is 282 g/mol. The van der Waals surface area contributed by atoms with Gasteiger partial charge in [0.2, 0.25) is 0 Å². The van der Waals surface area contributed by atoms with Crippen LogP contribution in [0.4, 0.5) is 4.39 Å². The fourth-order valence-corrected chi connectivity index (χ4v) is 3.79. The second kappa shape index (κ2) is 7.85. The molecule has 1 saturated heterocycles. The Morgan fingerprint density at radius 2 is 2.21 bits per heavy atom. The van der Waals surface area contributed by atoms with E-state index in [9.17, 15) is 4.39 Å². The van der Waals surface area contributed by atoms with Crippen LogP contribution in [0.2, 0.25) is 0 Å². The average Bonchev–Trinajstić information content (AvgIpc) is 2.44. The van der Waals surface area contributed by atoms with Gasteiger partial charge in [0.1, 0.15) is 5.82 Å². The summed E-state index contributed by atoms with van der Waals surface area (Å²) in [5.74, 6) is 3.07. The van der Waals surface area contributed by atoms with Gasteiger partial charge in [-0.05, 0) is 61.3 Å². The third kappa shape index (κ3) is 4.77. The van der Waals surface area contributed by atoms with Crippen molar-refractivity contribution < 1.29 is 4.39 Å². The molecule has 1 fully saturated rings. The lowest BCUT2D eigenvalue weighted by atomic mass is 9.91. The minimum Gasteiger partial charge on any atom is -0.310 e. The van der Waals surface area contributed by atoms with Gasteiger partial charge in [-0.2, -0.15) is 11.8 Å². The Morgan fingerprint density at radius 3 is 2.89 bits per heavy atom. The lowest BCUT2D eigenvalue weighted by Gasteiger charge is -2.27. The number of hydrogen-bond acceptors (Lipinski definition) is 3. The van der Waals surface area contributed by atoms with E-state index in [0.717, 1.165) is 30.9 Å². The Labute approximate surface area is 119 Å². The maximum Gasteiger partial charge on any atom is 0.141 e. The highest BCUT2D eigenvalue weighted by Gasteiger charge is 2.20. The monoisotopic (exact) mass is 282 g/mol. The number of thioether (sulfide) groups is 1. The lowest BCUT2D eigenvalue weighted by Crippen LogP contribution is -2.26. The first kappa shape index (κ1) is 14.8. The standard InChI is InChI=1S/C15H23FN2S/c1-2-5-18-15(8-12-3-6-19-7-4-12)13-9-14(16)11-17-10-13/h9-12,15,18H,2-8H2,1H3. The van der Waals surface area contributed by atoms with Gasteiger partial charge in [0, 0.05) is 12.2 Å². The molecule has 1 aromatic rings. The summed E-state index contributed by atoms with van der Waals surface area (Å²) >= 11 is 2.05. The predicted octanol–water partition coefficient (Wildman–Crippen LogP) is 3.79. The maximum absolute atomic E-state index is 13.3. The van der Waals surface area contributed by atoms with Crippen molar-refractivity contribution in [2.75, 3.05) is 18.1 Å². The molecule has 2 heterocycles. The number of hydrogen-bond donors (Lipinski definition) is 1. The zero-order valence-corrected chi connectivity index (χ0v) is 12.4. The van der Waals surface area contributed by atoms with E-state index >= 15 is 0 Å². The Bertz CT molecular complexity index is 380. The van der Waals surface area contributed by atoms with Gasteiger partial charge in [-0.1, -0.05) is 6.92 Å². The van der Waals surface area contributed by atoms with Crippen molar-refractivity contribution in [3.8, 4) is 0 Å². The second-order valence-electron chi connectivity index (χ2n) is 5.23. The highest BCUT2D eigenvalue weighted by Crippen LogP contribution is 2.31. The molecule has 0 spiro atoms. The van der Waals surface area contributed by atoms with Crippen LogP contribution in [0.1, 0.15) is 44.2 Å². The highest BCUT2D eigenvalue weighted by atomic mass is 32.2. The molecule has 19 heavy (non-hydrogen) atoms. The van der Waals surface area contributed by atoms with E-state index in [1.807, 2.05) is 11.8 Å². The van der Waals surface area contributed by atoms with Gasteiger partial charge in [0.25, 0.3) is 0 Å². The first-order valence-corrected chi connectivity index (χ1v) is 8.36. The van der Waals surface area contributed by atoms with Gasteiger partial charge in [-0.3, -0.25) is 4.98 Å². The van der Waals surface area contributed by atoms with Crippen LogP contribution >= 0.6 is 11.8 Å². The molecule has 1 aliphatic rings. The van der Waals surface area contributed by atoms with Crippen LogP contribution in [0.5, 0.6) is 0 Å². The van der Waals surface area contributed by atoms with Crippen LogP contribution in [0.15, 0.2) is 18.5 Å². The molecular weight excluding hydrogens is 259 g/mol. The third-order valence-electron chi connectivity index (χ3n) is 3.68. The number of rotatable bonds is 6. The van der Waals surface area contributed by atoms with Crippen molar-refractivity contribution in [3.63, 3.8) is 0 Å². The maximum atomic E-state index is 13.3. The van der Waals surface area contributed by atoms with Gasteiger partial charge < -0.3 is 5.32 Å². The SMILES string of the molecule is CCCNC(CC1CCSCC1)c1cncc(F)c1. The lowest BCUT2D eigenvalue weighted by molar-refractivity contribution is 0.369. The second-order valence-corrected chi connectivity index (χ2v) is 6.46. The topological polar surface area (TPSA) is 24.9 Å². The van der Waals surface area contributed by atoms with E-state index in [1.165, 1.54) is 30.5 Å². The molecule has 0 amide bonds. The summed E-state index contributed by atoms with van der Waals surface area (Å²) in [4.78, 5) is 3.99. The van der Waals surface area contributed by atoms with Gasteiger partial charge in [0.05, 0.1) is 6.20 Å². The fraction of sp³-hybridized carbons (Fsp3) is 0.667. The summed E-state index contributed by atoms with van der Waals surface area (Å²) in [5.41, 5.74) is 0.992. The van der Waals surface area contributed by atoms with E-state index in [1.54, 1.807) is 12.3 Å². The largest absolute Gasteiger partial charge is 0.310 e. The highest BCUT2D eigenvalue weighted by molar-refractivity contribution is 7.99. The third-order valence-corrected chi connectivity index (χ3v) is 4.73. The van der Waals surface area contributed by atoms with Crippen LogP contribution in [-0.2, 0) is 0 Å². The van der Waals surface area contributed by atoms with Crippen LogP contribution < -0.4 is 5.32 Å². The first-order valence-electron chi connectivity index (χ1n) is 7.21. The Morgan fingerprint density at radius 1 is 1.42 bits per heavy atom. The molecule has 2 rings (SSSR count). The quantitative estimate of drug-likeness (QED) is 0.859. The molecule has 1 N–H and O–H groups in total. The van der Waals surface area contributed by atoms with Crippen LogP contribution in [0, 0.1) is 11.7 Å². The van der Waals surface area contributed by atoms with Crippen LogP contribution in [-0.4, -0.2) is 23.0 Å². The summed E-state index contributed by atoms with van der Waals surface area (Å²) in [6.45, 7) is 3.13. The van der Waals surface area contributed by atoms with E-state index < -0.39 is 0 Å². The van der Waals surface area contributed by atoms with E-state index in [2.05, 4.69) is 17.2 Å². The van der Waals surface area contributed by atoms with Gasteiger partial charge in [-0.25, -0.2) is 4.39 Å². The Hall–Kier alpha value is -0.610. The normalized spacial score (nSPS) is 18.4. The summed E-state index contributed by atoms with van der Waals surface area (Å²) < 4.78 is 13.3. The fourth-order valence-electron chi connectivity index (χ4n) is 2.59. The van der Waals surface area contributed by atoms with Crippen molar-refractivity contribution >= 4 is 11.8 Å². The predicted molar refractivity (Wildman–Crippen MR) is 79.9 cm³/mol. The minimum absolute atomic E-state index is 0.236. The molecule has 0 saturated carbocycles. The zero-order chi connectivity index (χ0) is 13.5. The molecule has 4 heteroatoms. The summed E-state index contributed by atoms with van der Waals surface area (Å²) in [6.07, 6.45) is 7.85. The minimum atomic E-state index is -0.236. The molecular formula is C15H23FN2S. The van der Waals surface area contributed by atoms with E-state index in [4.69, 9.17) is 0 Å². The van der Waals surface area contributed by atoms with Crippen molar-refractivity contribution in [2.24, 2.45) is 5.92 Å². The number of nitrogens with one attached hydrogen (secondary N) is 1. The molecule has 0 radical (unpaired) electrons. The van der Waals surface area contributed by atoms with Crippen molar-refractivity contribution in [3.05, 3.63) is 29.8 Å². The Kier molecular flexibility index (Phi) is 6.11. The number of aromatic nitrogens is 1. The van der Waals surface area contributed by atoms with Crippen molar-refractivity contribution in [1.82, 2.24) is 10.3 Å². The molecule has 0 aromatic carbocycles. The molecule has 0 aliphatic carbocycles. The molecule has 1 atom stereocenters. The van der Waals surface area contributed by atoms with Gasteiger partial charge in [-0.15, -0.1) is 0 Å². The number of pyridine rings is 1. The number of halogens is 1. The first-order chi connectivity index (χ1) is 9.29. The summed E-state index contributed by atoms with van der Waals surface area (Å²) in [7, 11) is 0. The van der Waals surface area contributed by atoms with Crippen molar-refractivity contribution in [1.29, 1.82) is 0 Å². The van der Waals surface area contributed by atoms with Crippen LogP contribution in [0.3, 0.4) is 0 Å². The van der Waals surface area contributed by atoms with Gasteiger partial charge in [0.15, 0.2) is 0 Å². The molecule has 106 valence electrons. The molecule has 0 bridgehead atoms. The smallest absolute Gasteiger partial charge is 0.141 e. The van der Waals surface area contributed by atoms with Gasteiger partial charge >= 0.3 is 0 Å². The Balaban J connectivity index is 2.01. The van der Waals surface area contributed by atoms with Crippen LogP contribution in [0.25, 0.3) is 0 Å². The molecule has 1 aliphatic heterocycles. The van der Waals surface area contributed by atoms with E-state index in [0.29, 0.717) is 0 Å². The summed E-state index contributed by atoms with van der Waals surface area (Å²) in [6, 6.07) is 1.87. The van der Waals surface area contributed by atoms with E-state index in [-0.39, 0.29) is 11.9 Å². The molecule has 1 unspecified atom stereocenters.